The first-order valence-electron chi connectivity index (χ1n) is 9.28. The van der Waals surface area contributed by atoms with Crippen molar-refractivity contribution < 1.29 is 23.8 Å². The van der Waals surface area contributed by atoms with Crippen LogP contribution in [0.25, 0.3) is 0 Å². The van der Waals surface area contributed by atoms with E-state index < -0.39 is 11.8 Å². The summed E-state index contributed by atoms with van der Waals surface area (Å²) in [7, 11) is 0. The number of benzene rings is 2. The van der Waals surface area contributed by atoms with Crippen LogP contribution in [-0.2, 0) is 19.7 Å². The lowest BCUT2D eigenvalue weighted by atomic mass is 9.74. The maximum absolute atomic E-state index is 12.4. The molecule has 2 amide bonds. The minimum atomic E-state index is -0.714. The molecule has 0 unspecified atom stereocenters. The van der Waals surface area contributed by atoms with Crippen molar-refractivity contribution in [3.63, 3.8) is 0 Å². The molecular weight excluding hydrogens is 360 g/mol. The molecule has 7 heteroatoms. The van der Waals surface area contributed by atoms with E-state index in [0.29, 0.717) is 36.9 Å². The van der Waals surface area contributed by atoms with Gasteiger partial charge >= 0.3 is 11.8 Å². The number of nitrogens with one attached hydrogen (secondary N) is 2. The molecule has 2 aliphatic rings. The van der Waals surface area contributed by atoms with Crippen LogP contribution in [0, 0.1) is 0 Å². The Bertz CT molecular complexity index is 862. The van der Waals surface area contributed by atoms with E-state index in [0.717, 1.165) is 18.4 Å². The van der Waals surface area contributed by atoms with Gasteiger partial charge < -0.3 is 24.8 Å². The Kier molecular flexibility index (Phi) is 5.16. The normalized spacial score (nSPS) is 17.0. The van der Waals surface area contributed by atoms with E-state index in [9.17, 15) is 9.59 Å². The van der Waals surface area contributed by atoms with E-state index >= 15 is 0 Å². The molecule has 2 aliphatic heterocycles. The van der Waals surface area contributed by atoms with Gasteiger partial charge in [-0.3, -0.25) is 9.59 Å². The third kappa shape index (κ3) is 3.80. The molecule has 0 saturated carbocycles. The van der Waals surface area contributed by atoms with Crippen LogP contribution in [0.4, 0.5) is 5.69 Å². The first-order chi connectivity index (χ1) is 13.7. The molecule has 0 spiro atoms. The zero-order valence-electron chi connectivity index (χ0n) is 15.4. The molecule has 1 fully saturated rings. The van der Waals surface area contributed by atoms with E-state index in [2.05, 4.69) is 22.8 Å². The van der Waals surface area contributed by atoms with Crippen molar-refractivity contribution >= 4 is 17.5 Å². The van der Waals surface area contributed by atoms with Gasteiger partial charge in [-0.1, -0.05) is 30.3 Å². The molecule has 146 valence electrons. The van der Waals surface area contributed by atoms with Gasteiger partial charge in [0.2, 0.25) is 6.79 Å². The van der Waals surface area contributed by atoms with Gasteiger partial charge in [-0.05, 0) is 30.5 Å². The first-order valence-corrected chi connectivity index (χ1v) is 9.28. The van der Waals surface area contributed by atoms with Crippen LogP contribution in [0.15, 0.2) is 48.5 Å². The predicted octanol–water partition coefficient (Wildman–Crippen LogP) is 2.22. The molecule has 28 heavy (non-hydrogen) atoms. The third-order valence-electron chi connectivity index (χ3n) is 5.26. The molecule has 2 heterocycles. The average Bonchev–Trinajstić information content (AvgIpc) is 3.21. The fourth-order valence-electron chi connectivity index (χ4n) is 3.61. The lowest BCUT2D eigenvalue weighted by molar-refractivity contribution is -0.136. The summed E-state index contributed by atoms with van der Waals surface area (Å²) in [5.74, 6) is -0.219. The SMILES string of the molecule is O=C(NCC1(c2ccccc2)CCOCC1)C(=O)Nc1ccc2c(c1)OCO2. The number of anilines is 1. The molecule has 2 aromatic carbocycles. The van der Waals surface area contributed by atoms with E-state index in [1.165, 1.54) is 0 Å². The van der Waals surface area contributed by atoms with Gasteiger partial charge in [0.05, 0.1) is 0 Å². The highest BCUT2D eigenvalue weighted by atomic mass is 16.7. The Hall–Kier alpha value is -3.06. The average molecular weight is 382 g/mol. The van der Waals surface area contributed by atoms with E-state index in [1.807, 2.05) is 18.2 Å². The fraction of sp³-hybridized carbons (Fsp3) is 0.333. The summed E-state index contributed by atoms with van der Waals surface area (Å²) in [4.78, 5) is 24.7. The van der Waals surface area contributed by atoms with Crippen LogP contribution in [0.2, 0.25) is 0 Å². The number of ether oxygens (including phenoxy) is 3. The summed E-state index contributed by atoms with van der Waals surface area (Å²) < 4.78 is 16.0. The zero-order chi connectivity index (χ0) is 19.4. The van der Waals surface area contributed by atoms with Gasteiger partial charge in [0.1, 0.15) is 0 Å². The smallest absolute Gasteiger partial charge is 0.313 e. The molecule has 0 radical (unpaired) electrons. The Balaban J connectivity index is 1.40. The van der Waals surface area contributed by atoms with Crippen molar-refractivity contribution in [2.45, 2.75) is 18.3 Å². The van der Waals surface area contributed by atoms with Gasteiger partial charge in [0, 0.05) is 36.9 Å². The summed E-state index contributed by atoms with van der Waals surface area (Å²) >= 11 is 0. The van der Waals surface area contributed by atoms with Gasteiger partial charge in [0.15, 0.2) is 11.5 Å². The van der Waals surface area contributed by atoms with Crippen LogP contribution in [0.1, 0.15) is 18.4 Å². The minimum Gasteiger partial charge on any atom is -0.454 e. The molecule has 0 aromatic heterocycles. The van der Waals surface area contributed by atoms with Gasteiger partial charge in [-0.2, -0.15) is 0 Å². The second kappa shape index (κ2) is 7.90. The van der Waals surface area contributed by atoms with Crippen LogP contribution in [0.5, 0.6) is 11.5 Å². The fourth-order valence-corrected chi connectivity index (χ4v) is 3.61. The van der Waals surface area contributed by atoms with Crippen LogP contribution >= 0.6 is 0 Å². The van der Waals surface area contributed by atoms with Gasteiger partial charge in [-0.25, -0.2) is 0 Å². The molecule has 0 atom stereocenters. The molecule has 7 nitrogen and oxygen atoms in total. The number of hydrogen-bond donors (Lipinski definition) is 2. The molecule has 0 bridgehead atoms. The number of carbonyl (C=O) groups excluding carboxylic acids is 2. The highest BCUT2D eigenvalue weighted by Gasteiger charge is 2.35. The number of amides is 2. The molecule has 4 rings (SSSR count). The first kappa shape index (κ1) is 18.3. The van der Waals surface area contributed by atoms with E-state index in [4.69, 9.17) is 14.2 Å². The standard InChI is InChI=1S/C21H22N2O5/c24-19(20(25)23-16-6-7-17-18(12-16)28-14-27-17)22-13-21(8-10-26-11-9-21)15-4-2-1-3-5-15/h1-7,12H,8-11,13-14H2,(H,22,24)(H,23,25). The predicted molar refractivity (Wildman–Crippen MR) is 102 cm³/mol. The van der Waals surface area contributed by atoms with E-state index in [-0.39, 0.29) is 12.2 Å². The van der Waals surface area contributed by atoms with Crippen molar-refractivity contribution in [1.82, 2.24) is 5.32 Å². The topological polar surface area (TPSA) is 85.9 Å². The van der Waals surface area contributed by atoms with Crippen molar-refractivity contribution in [2.75, 3.05) is 31.9 Å². The van der Waals surface area contributed by atoms with Gasteiger partial charge in [-0.15, -0.1) is 0 Å². The Morgan fingerprint density at radius 2 is 1.68 bits per heavy atom. The lowest BCUT2D eigenvalue weighted by Gasteiger charge is -2.37. The van der Waals surface area contributed by atoms with Crippen LogP contribution in [0.3, 0.4) is 0 Å². The second-order valence-electron chi connectivity index (χ2n) is 6.96. The minimum absolute atomic E-state index is 0.151. The number of fused-ring (bicyclic) bond motifs is 1. The molecule has 1 saturated heterocycles. The lowest BCUT2D eigenvalue weighted by Crippen LogP contribution is -2.47. The zero-order valence-corrected chi connectivity index (χ0v) is 15.4. The largest absolute Gasteiger partial charge is 0.454 e. The Morgan fingerprint density at radius 1 is 0.929 bits per heavy atom. The molecule has 0 aliphatic carbocycles. The highest BCUT2D eigenvalue weighted by molar-refractivity contribution is 6.39. The maximum Gasteiger partial charge on any atom is 0.313 e. The summed E-state index contributed by atoms with van der Waals surface area (Å²) in [6.45, 7) is 1.80. The van der Waals surface area contributed by atoms with Gasteiger partial charge in [0.25, 0.3) is 0 Å². The van der Waals surface area contributed by atoms with Crippen LogP contribution in [-0.4, -0.2) is 38.4 Å². The highest BCUT2D eigenvalue weighted by Crippen LogP contribution is 2.35. The quantitative estimate of drug-likeness (QED) is 0.792. The van der Waals surface area contributed by atoms with Crippen LogP contribution < -0.4 is 20.1 Å². The third-order valence-corrected chi connectivity index (χ3v) is 5.26. The molecule has 2 aromatic rings. The number of rotatable bonds is 4. The van der Waals surface area contributed by atoms with E-state index in [1.54, 1.807) is 18.2 Å². The van der Waals surface area contributed by atoms with Crippen molar-refractivity contribution in [3.05, 3.63) is 54.1 Å². The molecular formula is C21H22N2O5. The summed E-state index contributed by atoms with van der Waals surface area (Å²) in [6, 6.07) is 15.1. The summed E-state index contributed by atoms with van der Waals surface area (Å²) in [5, 5.41) is 5.40. The summed E-state index contributed by atoms with van der Waals surface area (Å²) in [5.41, 5.74) is 1.40. The monoisotopic (exact) mass is 382 g/mol. The second-order valence-corrected chi connectivity index (χ2v) is 6.96. The van der Waals surface area contributed by atoms with Crippen molar-refractivity contribution in [2.24, 2.45) is 0 Å². The Morgan fingerprint density at radius 3 is 2.46 bits per heavy atom. The Labute approximate surface area is 163 Å². The van der Waals surface area contributed by atoms with Crippen molar-refractivity contribution in [1.29, 1.82) is 0 Å². The summed E-state index contributed by atoms with van der Waals surface area (Å²) in [6.07, 6.45) is 1.59. The maximum atomic E-state index is 12.4. The van der Waals surface area contributed by atoms with Crippen molar-refractivity contribution in [3.8, 4) is 11.5 Å². The molecule has 2 N–H and O–H groups in total. The number of carbonyl (C=O) groups is 2. The number of hydrogen-bond acceptors (Lipinski definition) is 5.